The number of halogens is 3. The topological polar surface area (TPSA) is 88.8 Å². The Morgan fingerprint density at radius 3 is 2.58 bits per heavy atom. The third kappa shape index (κ3) is 3.03. The smallest absolute Gasteiger partial charge is 0.363 e. The number of carbonyl (C=O) groups is 1. The summed E-state index contributed by atoms with van der Waals surface area (Å²) in [6, 6.07) is 7.34. The Balaban J connectivity index is 1.55. The summed E-state index contributed by atoms with van der Waals surface area (Å²) >= 11 is 0. The molecule has 3 atom stereocenters. The summed E-state index contributed by atoms with van der Waals surface area (Å²) in [4.78, 5) is 22.8. The van der Waals surface area contributed by atoms with E-state index in [2.05, 4.69) is 25.5 Å². The molecule has 11 heteroatoms. The van der Waals surface area contributed by atoms with Gasteiger partial charge in [0.25, 0.3) is 0 Å². The van der Waals surface area contributed by atoms with Crippen LogP contribution in [0.5, 0.6) is 0 Å². The van der Waals surface area contributed by atoms with Gasteiger partial charge in [0.2, 0.25) is 6.41 Å². The second-order valence-electron chi connectivity index (χ2n) is 7.68. The summed E-state index contributed by atoms with van der Waals surface area (Å²) in [5.74, 6) is 0.227. The molecule has 1 amide bonds. The second kappa shape index (κ2) is 7.03. The van der Waals surface area contributed by atoms with Crippen LogP contribution < -0.4 is 5.32 Å². The van der Waals surface area contributed by atoms with Gasteiger partial charge in [-0.15, -0.1) is 0 Å². The SMILES string of the molecule is O=CN1C2CCC1(c1ccccc1-n1nccn1)C(Nc1cnc(C(F)(F)F)cn1)C2. The number of para-hydroxylation sites is 1. The number of alkyl halides is 3. The zero-order chi connectivity index (χ0) is 21.6. The molecule has 4 heterocycles. The Hall–Kier alpha value is -3.50. The number of hydrogen-bond donors (Lipinski definition) is 1. The highest BCUT2D eigenvalue weighted by Gasteiger charge is 2.59. The number of benzene rings is 1. The summed E-state index contributed by atoms with van der Waals surface area (Å²) in [6.07, 6.45) is 3.40. The summed E-state index contributed by atoms with van der Waals surface area (Å²) in [5.41, 5.74) is -0.144. The van der Waals surface area contributed by atoms with Gasteiger partial charge in [0.1, 0.15) is 5.82 Å². The van der Waals surface area contributed by atoms with Crippen molar-refractivity contribution in [1.82, 2.24) is 29.9 Å². The number of anilines is 1. The van der Waals surface area contributed by atoms with E-state index in [-0.39, 0.29) is 17.9 Å². The van der Waals surface area contributed by atoms with Crippen molar-refractivity contribution in [2.75, 3.05) is 5.32 Å². The first-order valence-corrected chi connectivity index (χ1v) is 9.79. The van der Waals surface area contributed by atoms with E-state index < -0.39 is 17.4 Å². The van der Waals surface area contributed by atoms with Gasteiger partial charge in [-0.05, 0) is 25.3 Å². The van der Waals surface area contributed by atoms with Crippen LogP contribution in [0.2, 0.25) is 0 Å². The van der Waals surface area contributed by atoms with Gasteiger partial charge < -0.3 is 10.2 Å². The fourth-order valence-corrected chi connectivity index (χ4v) is 4.93. The molecule has 8 nitrogen and oxygen atoms in total. The summed E-state index contributed by atoms with van der Waals surface area (Å²) in [5, 5.41) is 11.7. The summed E-state index contributed by atoms with van der Waals surface area (Å²) < 4.78 is 38.5. The molecule has 0 saturated carbocycles. The van der Waals surface area contributed by atoms with E-state index in [1.54, 1.807) is 12.4 Å². The van der Waals surface area contributed by atoms with Gasteiger partial charge in [0.15, 0.2) is 5.69 Å². The number of aromatic nitrogens is 5. The van der Waals surface area contributed by atoms with E-state index >= 15 is 0 Å². The van der Waals surface area contributed by atoms with Crippen molar-refractivity contribution in [3.63, 3.8) is 0 Å². The first-order chi connectivity index (χ1) is 14.9. The average Bonchev–Trinajstić information content (AvgIpc) is 3.48. The van der Waals surface area contributed by atoms with E-state index in [4.69, 9.17) is 0 Å². The lowest BCUT2D eigenvalue weighted by atomic mass is 9.77. The lowest BCUT2D eigenvalue weighted by molar-refractivity contribution is -0.141. The van der Waals surface area contributed by atoms with Crippen LogP contribution in [0.25, 0.3) is 5.69 Å². The van der Waals surface area contributed by atoms with Crippen molar-refractivity contribution in [1.29, 1.82) is 0 Å². The van der Waals surface area contributed by atoms with Crippen LogP contribution in [0.3, 0.4) is 0 Å². The number of hydrogen-bond acceptors (Lipinski definition) is 6. The molecule has 2 aliphatic heterocycles. The zero-order valence-electron chi connectivity index (χ0n) is 16.2. The molecule has 2 aliphatic rings. The molecule has 2 bridgehead atoms. The molecule has 2 fully saturated rings. The second-order valence-corrected chi connectivity index (χ2v) is 7.68. The lowest BCUT2D eigenvalue weighted by Gasteiger charge is -2.39. The molecule has 1 N–H and O–H groups in total. The molecule has 3 unspecified atom stereocenters. The van der Waals surface area contributed by atoms with Gasteiger partial charge in [-0.1, -0.05) is 18.2 Å². The maximum atomic E-state index is 12.8. The monoisotopic (exact) mass is 429 g/mol. The van der Waals surface area contributed by atoms with Gasteiger partial charge in [-0.3, -0.25) is 4.79 Å². The fourth-order valence-electron chi connectivity index (χ4n) is 4.93. The number of amides is 1. The molecule has 31 heavy (non-hydrogen) atoms. The molecule has 1 aromatic carbocycles. The minimum atomic E-state index is -4.55. The molecule has 0 aliphatic carbocycles. The first kappa shape index (κ1) is 19.5. The lowest BCUT2D eigenvalue weighted by Crippen LogP contribution is -2.48. The van der Waals surface area contributed by atoms with Crippen molar-refractivity contribution in [2.45, 2.75) is 43.1 Å². The van der Waals surface area contributed by atoms with Crippen molar-refractivity contribution < 1.29 is 18.0 Å². The molecule has 0 radical (unpaired) electrons. The molecular formula is C20H18F3N7O. The fraction of sp³-hybridized carbons (Fsp3) is 0.350. The predicted octanol–water partition coefficient (Wildman–Crippen LogP) is 2.78. The van der Waals surface area contributed by atoms with Crippen LogP contribution in [-0.4, -0.2) is 48.4 Å². The van der Waals surface area contributed by atoms with Crippen molar-refractivity contribution >= 4 is 12.2 Å². The largest absolute Gasteiger partial charge is 0.434 e. The molecule has 160 valence electrons. The third-order valence-electron chi connectivity index (χ3n) is 6.18. The highest BCUT2D eigenvalue weighted by Crippen LogP contribution is 2.54. The standard InChI is InChI=1S/C20H18F3N7O/c21-20(22,23)17-10-25-18(11-24-17)28-16-9-13-5-6-19(16,29(13)12-31)14-3-1-2-4-15(14)30-26-7-8-27-30/h1-4,7-8,10-13,16H,5-6,9H2,(H,25,28). The van der Waals surface area contributed by atoms with Crippen molar-refractivity contribution in [2.24, 2.45) is 0 Å². The number of rotatable bonds is 5. The Morgan fingerprint density at radius 1 is 1.13 bits per heavy atom. The number of nitrogens with one attached hydrogen (secondary N) is 1. The summed E-state index contributed by atoms with van der Waals surface area (Å²) in [6.45, 7) is 0. The Kier molecular flexibility index (Phi) is 4.42. The van der Waals surface area contributed by atoms with Gasteiger partial charge >= 0.3 is 6.18 Å². The van der Waals surface area contributed by atoms with Gasteiger partial charge in [0.05, 0.1) is 42.1 Å². The maximum absolute atomic E-state index is 12.8. The van der Waals surface area contributed by atoms with Crippen LogP contribution in [0.1, 0.15) is 30.5 Å². The first-order valence-electron chi connectivity index (χ1n) is 9.79. The Bertz CT molecular complexity index is 1090. The summed E-state index contributed by atoms with van der Waals surface area (Å²) in [7, 11) is 0. The number of fused-ring (bicyclic) bond motifs is 2. The van der Waals surface area contributed by atoms with Gasteiger partial charge in [-0.25, -0.2) is 9.97 Å². The zero-order valence-corrected chi connectivity index (χ0v) is 16.2. The van der Waals surface area contributed by atoms with Gasteiger partial charge in [-0.2, -0.15) is 28.2 Å². The minimum absolute atomic E-state index is 0.0241. The average molecular weight is 429 g/mol. The molecule has 0 spiro atoms. The van der Waals surface area contributed by atoms with E-state index in [1.165, 1.54) is 4.80 Å². The van der Waals surface area contributed by atoms with Crippen molar-refractivity contribution in [3.05, 3.63) is 60.3 Å². The minimum Gasteiger partial charge on any atom is -0.363 e. The predicted molar refractivity (Wildman–Crippen MR) is 103 cm³/mol. The van der Waals surface area contributed by atoms with E-state index in [9.17, 15) is 18.0 Å². The Labute approximate surface area is 175 Å². The maximum Gasteiger partial charge on any atom is 0.434 e. The molecule has 2 aromatic heterocycles. The molecule has 2 saturated heterocycles. The van der Waals surface area contributed by atoms with Crippen LogP contribution >= 0.6 is 0 Å². The van der Waals surface area contributed by atoms with Gasteiger partial charge in [0, 0.05) is 11.6 Å². The Morgan fingerprint density at radius 2 is 1.90 bits per heavy atom. The number of nitrogens with zero attached hydrogens (tertiary/aromatic N) is 6. The quantitative estimate of drug-likeness (QED) is 0.628. The van der Waals surface area contributed by atoms with E-state index in [0.29, 0.717) is 19.0 Å². The third-order valence-corrected chi connectivity index (χ3v) is 6.18. The molecule has 5 rings (SSSR count). The molecule has 3 aromatic rings. The van der Waals surface area contributed by atoms with Crippen molar-refractivity contribution in [3.8, 4) is 5.69 Å². The van der Waals surface area contributed by atoms with Crippen LogP contribution in [0.15, 0.2) is 49.1 Å². The molecular weight excluding hydrogens is 411 g/mol. The highest BCUT2D eigenvalue weighted by atomic mass is 19.4. The van der Waals surface area contributed by atoms with E-state index in [0.717, 1.165) is 30.3 Å². The van der Waals surface area contributed by atoms with Crippen LogP contribution in [-0.2, 0) is 16.5 Å². The highest BCUT2D eigenvalue weighted by molar-refractivity contribution is 5.59. The number of carbonyl (C=O) groups excluding carboxylic acids is 1. The normalized spacial score (nSPS) is 25.1. The van der Waals surface area contributed by atoms with Crippen LogP contribution in [0.4, 0.5) is 19.0 Å². The van der Waals surface area contributed by atoms with E-state index in [1.807, 2.05) is 29.2 Å². The van der Waals surface area contributed by atoms with Crippen LogP contribution in [0, 0.1) is 0 Å².